The predicted molar refractivity (Wildman–Crippen MR) is 38.8 cm³/mol. The zero-order valence-electron chi connectivity index (χ0n) is 7.55. The van der Waals surface area contributed by atoms with Gasteiger partial charge in [-0.3, -0.25) is 0 Å². The second-order valence-electron chi connectivity index (χ2n) is 1.62. The van der Waals surface area contributed by atoms with Gasteiger partial charge in [-0.2, -0.15) is 0 Å². The van der Waals surface area contributed by atoms with Crippen LogP contribution in [0.4, 0.5) is 0 Å². The average molecular weight is 241 g/mol. The van der Waals surface area contributed by atoms with Gasteiger partial charge in [0, 0.05) is 16.8 Å². The number of hydrogen-bond acceptors (Lipinski definition) is 1. The average Bonchev–Trinajstić information content (AvgIpc) is 2.60. The van der Waals surface area contributed by atoms with Gasteiger partial charge >= 0.3 is 22.6 Å². The summed E-state index contributed by atoms with van der Waals surface area (Å²) in [5.74, 6) is 0. The Hall–Kier alpha value is -1.20. The van der Waals surface area contributed by atoms with E-state index in [9.17, 15) is 0 Å². The van der Waals surface area contributed by atoms with Crippen molar-refractivity contribution >= 4 is 0 Å². The Morgan fingerprint density at radius 1 is 1.36 bits per heavy atom. The molecule has 1 heterocycles. The Labute approximate surface area is 92.3 Å². The van der Waals surface area contributed by atoms with Crippen molar-refractivity contribution in [3.05, 3.63) is 36.9 Å². The second-order valence-corrected chi connectivity index (χ2v) is 1.62. The summed E-state index contributed by atoms with van der Waals surface area (Å²) in [5.41, 5.74) is 5.75. The molecule has 0 atom stereocenters. The third-order valence-electron chi connectivity index (χ3n) is 0.829. The van der Waals surface area contributed by atoms with Crippen molar-refractivity contribution in [3.8, 4) is 0 Å². The Morgan fingerprint density at radius 3 is 1.79 bits per heavy atom. The van der Waals surface area contributed by atoms with Crippen LogP contribution >= 0.6 is 0 Å². The standard InChI is InChI=1S/C5H8N2.2CO.Co.NO/c1-6-3-4-7(2)5-6;2*1-2;;1-2/h3-4H,1-2H3;;;;. The molecule has 0 aliphatic rings. The Balaban J connectivity index is -0.0000000625. The topological polar surface area (TPSA) is 88.0 Å². The number of hydrogen-bond donors (Lipinski definition) is 0. The van der Waals surface area contributed by atoms with Gasteiger partial charge in [-0.1, -0.05) is 0 Å². The quantitative estimate of drug-likeness (QED) is 0.329. The maximum atomic E-state index is 7.50. The van der Waals surface area contributed by atoms with Crippen molar-refractivity contribution in [1.82, 2.24) is 10.2 Å². The first-order valence-electron chi connectivity index (χ1n) is 2.78. The molecule has 2 radical (unpaired) electrons. The smallest absolute Gasteiger partial charge is 0.120 e. The van der Waals surface area contributed by atoms with Crippen molar-refractivity contribution in [3.63, 3.8) is 0 Å². The van der Waals surface area contributed by atoms with E-state index in [-0.39, 0.29) is 16.8 Å². The van der Waals surface area contributed by atoms with Gasteiger partial charge in [0.05, 0.1) is 14.1 Å². The summed E-state index contributed by atoms with van der Waals surface area (Å²) in [7, 11) is 3.89. The number of nitrogens with zero attached hydrogens (tertiary/aromatic N) is 3. The van der Waals surface area contributed by atoms with E-state index in [1.165, 1.54) is 0 Å². The van der Waals surface area contributed by atoms with E-state index in [4.69, 9.17) is 19.8 Å². The van der Waals surface area contributed by atoms with Crippen LogP contribution in [0.25, 0.3) is 0 Å². The van der Waals surface area contributed by atoms with E-state index in [2.05, 4.69) is 19.6 Å². The number of aryl methyl sites for hydroxylation is 2. The first-order valence-corrected chi connectivity index (χ1v) is 2.78. The SMILES string of the molecule is Cn1[c-][n+](C)cc1.[C-]#[O+].[C-]#[O+].[Co].[N]=O. The maximum absolute atomic E-state index is 7.50. The van der Waals surface area contributed by atoms with Gasteiger partial charge in [-0.15, -0.1) is 4.91 Å². The third-order valence-corrected chi connectivity index (χ3v) is 0.829. The molecule has 0 spiro atoms. The third kappa shape index (κ3) is 17.0. The van der Waals surface area contributed by atoms with Crippen molar-refractivity contribution in [2.75, 3.05) is 0 Å². The number of aromatic nitrogens is 2. The summed E-state index contributed by atoms with van der Waals surface area (Å²) >= 11 is 0. The molecule has 6 nitrogen and oxygen atoms in total. The van der Waals surface area contributed by atoms with Crippen LogP contribution in [0.15, 0.2) is 12.4 Å². The molecule has 0 N–H and O–H groups in total. The van der Waals surface area contributed by atoms with Gasteiger partial charge in [0.1, 0.15) is 5.59 Å². The van der Waals surface area contributed by atoms with E-state index in [1.54, 1.807) is 0 Å². The summed E-state index contributed by atoms with van der Waals surface area (Å²) in [5, 5.41) is 0. The first-order chi connectivity index (χ1) is 6.29. The summed E-state index contributed by atoms with van der Waals surface area (Å²) in [6.45, 7) is 9.00. The van der Waals surface area contributed by atoms with Gasteiger partial charge in [0.25, 0.3) is 0 Å². The van der Waals surface area contributed by atoms with Crippen LogP contribution in [-0.4, -0.2) is 4.57 Å². The van der Waals surface area contributed by atoms with Crippen LogP contribution in [0.1, 0.15) is 0 Å². The fourth-order valence-corrected chi connectivity index (χ4v) is 0.515. The van der Waals surface area contributed by atoms with Gasteiger partial charge in [0.2, 0.25) is 6.33 Å². The van der Waals surface area contributed by atoms with Gasteiger partial charge in [0.15, 0.2) is 0 Å². The number of nitroso groups, excluding NO2 is 1. The predicted octanol–water partition coefficient (Wildman–Crippen LogP) is -0.875. The zero-order chi connectivity index (χ0) is 11.3. The van der Waals surface area contributed by atoms with E-state index in [1.807, 2.05) is 35.6 Å². The molecule has 0 aromatic carbocycles. The minimum atomic E-state index is 0. The minimum Gasteiger partial charge on any atom is -0.120 e. The van der Waals surface area contributed by atoms with Gasteiger partial charge in [-0.25, -0.2) is 0 Å². The molecule has 14 heavy (non-hydrogen) atoms. The van der Waals surface area contributed by atoms with Crippen LogP contribution in [0.3, 0.4) is 0 Å². The van der Waals surface area contributed by atoms with Crippen LogP contribution in [-0.2, 0) is 40.2 Å². The molecule has 0 saturated heterocycles. The Bertz CT molecular complexity index is 224. The summed E-state index contributed by atoms with van der Waals surface area (Å²) in [6, 6.07) is 0. The van der Waals surface area contributed by atoms with Crippen LogP contribution in [0, 0.1) is 24.5 Å². The monoisotopic (exact) mass is 241 g/mol. The van der Waals surface area contributed by atoms with Crippen LogP contribution in [0.5, 0.6) is 0 Å². The largest absolute Gasteiger partial charge is 0.120 e. The molecule has 7 heteroatoms. The van der Waals surface area contributed by atoms with E-state index < -0.39 is 0 Å². The maximum Gasteiger partial charge on any atom is 0.120 e. The molecule has 0 unspecified atom stereocenters. The first kappa shape index (κ1) is 23.0. The molecule has 0 saturated carbocycles. The fraction of sp³-hybridized carbons (Fsp3) is 0.286. The van der Waals surface area contributed by atoms with E-state index in [0.29, 0.717) is 0 Å². The summed E-state index contributed by atoms with van der Waals surface area (Å²) in [6.07, 6.45) is 6.86. The number of imidazole rings is 1. The molecular formula is C7H8CoN3O3. The van der Waals surface area contributed by atoms with Crippen LogP contribution < -0.4 is 10.2 Å². The molecule has 0 bridgehead atoms. The molecule has 0 fully saturated rings. The summed E-state index contributed by atoms with van der Waals surface area (Å²) in [4.78, 5) is 7.25. The Morgan fingerprint density at radius 2 is 1.71 bits per heavy atom. The van der Waals surface area contributed by atoms with Gasteiger partial charge < -0.3 is 9.13 Å². The number of rotatable bonds is 0. The molecule has 1 aromatic rings. The normalized spacial score (nSPS) is 5.29. The molecule has 0 amide bonds. The van der Waals surface area contributed by atoms with Crippen LogP contribution in [0.2, 0.25) is 0 Å². The van der Waals surface area contributed by atoms with E-state index >= 15 is 0 Å². The Kier molecular flexibility index (Phi) is 37.2. The van der Waals surface area contributed by atoms with Crippen molar-refractivity contribution in [1.29, 1.82) is 0 Å². The summed E-state index contributed by atoms with van der Waals surface area (Å²) < 4.78 is 18.8. The van der Waals surface area contributed by atoms with E-state index in [0.717, 1.165) is 0 Å². The molecule has 1 rings (SSSR count). The molecular weight excluding hydrogens is 233 g/mol. The van der Waals surface area contributed by atoms with Crippen molar-refractivity contribution in [2.24, 2.45) is 14.1 Å². The zero-order valence-corrected chi connectivity index (χ0v) is 8.60. The van der Waals surface area contributed by atoms with Crippen molar-refractivity contribution < 1.29 is 30.7 Å². The van der Waals surface area contributed by atoms with Gasteiger partial charge in [-0.05, 0) is 12.4 Å². The van der Waals surface area contributed by atoms with Crippen molar-refractivity contribution in [2.45, 2.75) is 0 Å². The second kappa shape index (κ2) is 22.6. The minimum absolute atomic E-state index is 0. The fourth-order valence-electron chi connectivity index (χ4n) is 0.515. The molecule has 1 aromatic heterocycles. The molecule has 78 valence electrons. The molecule has 0 aliphatic heterocycles. The molecule has 0 aliphatic carbocycles.